The van der Waals surface area contributed by atoms with Crippen molar-refractivity contribution in [2.24, 2.45) is 0 Å². The Balaban J connectivity index is 2.25. The largest absolute Gasteiger partial charge is 0.387 e. The molecule has 0 spiro atoms. The van der Waals surface area contributed by atoms with E-state index in [1.807, 2.05) is 18.0 Å². The summed E-state index contributed by atoms with van der Waals surface area (Å²) in [5.41, 5.74) is 1.55. The molecule has 104 valence electrons. The first kappa shape index (κ1) is 13.8. The van der Waals surface area contributed by atoms with Gasteiger partial charge in [0.25, 0.3) is 5.91 Å². The second-order valence-corrected chi connectivity index (χ2v) is 5.08. The van der Waals surface area contributed by atoms with Crippen LogP contribution >= 0.6 is 0 Å². The number of anilines is 1. The normalized spacial score (nSPS) is 19.9. The van der Waals surface area contributed by atoms with Crippen LogP contribution in [0.4, 0.5) is 5.69 Å². The van der Waals surface area contributed by atoms with Crippen molar-refractivity contribution in [3.63, 3.8) is 0 Å². The maximum Gasteiger partial charge on any atom is 0.257 e. The fourth-order valence-corrected chi connectivity index (χ4v) is 2.81. The molecule has 1 unspecified atom stereocenters. The number of carbonyl (C=O) groups excluding carboxylic acids is 1. The molecular formula is C15H23N3O. The van der Waals surface area contributed by atoms with Crippen LogP contribution in [0.2, 0.25) is 0 Å². The fourth-order valence-electron chi connectivity index (χ4n) is 2.81. The predicted octanol–water partition coefficient (Wildman–Crippen LogP) is 2.92. The number of nitrogens with one attached hydrogen (secondary N) is 1. The van der Waals surface area contributed by atoms with Crippen molar-refractivity contribution in [1.29, 1.82) is 0 Å². The fraction of sp³-hybridized carbons (Fsp3) is 0.600. The van der Waals surface area contributed by atoms with Gasteiger partial charge < -0.3 is 10.2 Å². The molecule has 0 saturated carbocycles. The number of hydrogen-bond donors (Lipinski definition) is 1. The number of aromatic nitrogens is 1. The lowest BCUT2D eigenvalue weighted by Crippen LogP contribution is -2.40. The second-order valence-electron chi connectivity index (χ2n) is 5.08. The van der Waals surface area contributed by atoms with Crippen LogP contribution in [0.5, 0.6) is 0 Å². The van der Waals surface area contributed by atoms with Gasteiger partial charge in [-0.05, 0) is 25.3 Å². The third kappa shape index (κ3) is 3.06. The van der Waals surface area contributed by atoms with Crippen molar-refractivity contribution in [3.05, 3.63) is 24.0 Å². The molecule has 0 radical (unpaired) electrons. The molecule has 1 aromatic rings. The summed E-state index contributed by atoms with van der Waals surface area (Å²) in [7, 11) is 1.84. The van der Waals surface area contributed by atoms with E-state index >= 15 is 0 Å². The Morgan fingerprint density at radius 3 is 3.05 bits per heavy atom. The molecule has 1 aromatic heterocycles. The third-order valence-electron chi connectivity index (χ3n) is 3.93. The van der Waals surface area contributed by atoms with Crippen molar-refractivity contribution in [2.75, 3.05) is 18.9 Å². The van der Waals surface area contributed by atoms with E-state index in [1.165, 1.54) is 12.8 Å². The van der Waals surface area contributed by atoms with Crippen molar-refractivity contribution >= 4 is 11.6 Å². The highest BCUT2D eigenvalue weighted by Crippen LogP contribution is 2.23. The van der Waals surface area contributed by atoms with Gasteiger partial charge in [-0.15, -0.1) is 0 Å². The zero-order valence-corrected chi connectivity index (χ0v) is 11.9. The number of pyridine rings is 1. The van der Waals surface area contributed by atoms with Gasteiger partial charge in [0.05, 0.1) is 5.56 Å². The molecule has 1 fully saturated rings. The molecule has 0 bridgehead atoms. The minimum absolute atomic E-state index is 0.117. The number of hydrogen-bond acceptors (Lipinski definition) is 3. The summed E-state index contributed by atoms with van der Waals surface area (Å²) in [6, 6.07) is 2.23. The number of rotatable bonds is 3. The SMILES string of the molecule is CCC1CCCCCN1C(=O)c1cnccc1NC. The van der Waals surface area contributed by atoms with Gasteiger partial charge in [-0.3, -0.25) is 9.78 Å². The topological polar surface area (TPSA) is 45.2 Å². The molecule has 1 aliphatic rings. The van der Waals surface area contributed by atoms with Crippen molar-refractivity contribution in [2.45, 2.75) is 45.1 Å². The zero-order chi connectivity index (χ0) is 13.7. The maximum absolute atomic E-state index is 12.7. The van der Waals surface area contributed by atoms with Gasteiger partial charge in [0.2, 0.25) is 0 Å². The minimum atomic E-state index is 0.117. The van der Waals surface area contributed by atoms with Crippen LogP contribution in [0.1, 0.15) is 49.4 Å². The van der Waals surface area contributed by atoms with Crippen LogP contribution < -0.4 is 5.32 Å². The van der Waals surface area contributed by atoms with Crippen molar-refractivity contribution in [3.8, 4) is 0 Å². The Hall–Kier alpha value is -1.58. The predicted molar refractivity (Wildman–Crippen MR) is 77.4 cm³/mol. The van der Waals surface area contributed by atoms with Crippen LogP contribution in [0.25, 0.3) is 0 Å². The van der Waals surface area contributed by atoms with Crippen LogP contribution in [-0.2, 0) is 0 Å². The molecule has 0 aromatic carbocycles. The van der Waals surface area contributed by atoms with Gasteiger partial charge in [0, 0.05) is 37.7 Å². The van der Waals surface area contributed by atoms with Gasteiger partial charge in [0.15, 0.2) is 0 Å². The molecule has 1 amide bonds. The Morgan fingerprint density at radius 1 is 1.47 bits per heavy atom. The number of carbonyl (C=O) groups is 1. The summed E-state index contributed by atoms with van der Waals surface area (Å²) < 4.78 is 0. The highest BCUT2D eigenvalue weighted by Gasteiger charge is 2.26. The maximum atomic E-state index is 12.7. The van der Waals surface area contributed by atoms with Gasteiger partial charge in [-0.2, -0.15) is 0 Å². The summed E-state index contributed by atoms with van der Waals surface area (Å²) in [6.07, 6.45) is 9.10. The Bertz CT molecular complexity index is 433. The second kappa shape index (κ2) is 6.55. The van der Waals surface area contributed by atoms with Gasteiger partial charge in [0.1, 0.15) is 0 Å². The number of nitrogens with zero attached hydrogens (tertiary/aromatic N) is 2. The lowest BCUT2D eigenvalue weighted by Gasteiger charge is -2.29. The molecule has 2 rings (SSSR count). The molecule has 4 heteroatoms. The first-order valence-electron chi connectivity index (χ1n) is 7.20. The highest BCUT2D eigenvalue weighted by atomic mass is 16.2. The average molecular weight is 261 g/mol. The van der Waals surface area contributed by atoms with Crippen LogP contribution in [0, 0.1) is 0 Å². The summed E-state index contributed by atoms with van der Waals surface area (Å²) in [5, 5.41) is 3.08. The lowest BCUT2D eigenvalue weighted by atomic mass is 10.1. The lowest BCUT2D eigenvalue weighted by molar-refractivity contribution is 0.0679. The first-order chi connectivity index (χ1) is 9.27. The smallest absolute Gasteiger partial charge is 0.257 e. The van der Waals surface area contributed by atoms with Crippen molar-refractivity contribution in [1.82, 2.24) is 9.88 Å². The summed E-state index contributed by atoms with van der Waals surface area (Å²) in [4.78, 5) is 18.9. The van der Waals surface area contributed by atoms with E-state index in [1.54, 1.807) is 12.4 Å². The minimum Gasteiger partial charge on any atom is -0.387 e. The quantitative estimate of drug-likeness (QED) is 0.910. The van der Waals surface area contributed by atoms with E-state index in [4.69, 9.17) is 0 Å². The van der Waals surface area contributed by atoms with E-state index in [-0.39, 0.29) is 5.91 Å². The standard InChI is InChI=1S/C15H23N3O/c1-3-12-7-5-4-6-10-18(12)15(19)13-11-17-9-8-14(13)16-2/h8-9,11-12H,3-7,10H2,1-2H3,(H,16,17). The first-order valence-corrected chi connectivity index (χ1v) is 7.20. The number of amides is 1. The highest BCUT2D eigenvalue weighted by molar-refractivity contribution is 5.99. The van der Waals surface area contributed by atoms with E-state index in [0.717, 1.165) is 31.5 Å². The molecule has 1 N–H and O–H groups in total. The molecule has 1 aliphatic heterocycles. The zero-order valence-electron chi connectivity index (χ0n) is 11.9. The van der Waals surface area contributed by atoms with E-state index in [9.17, 15) is 4.79 Å². The molecule has 1 saturated heterocycles. The Morgan fingerprint density at radius 2 is 2.32 bits per heavy atom. The molecule has 4 nitrogen and oxygen atoms in total. The molecule has 0 aliphatic carbocycles. The monoisotopic (exact) mass is 261 g/mol. The van der Waals surface area contributed by atoms with Crippen LogP contribution in [0.15, 0.2) is 18.5 Å². The summed E-state index contributed by atoms with van der Waals surface area (Å²) in [5.74, 6) is 0.117. The molecule has 19 heavy (non-hydrogen) atoms. The van der Waals surface area contributed by atoms with Crippen molar-refractivity contribution < 1.29 is 4.79 Å². The van der Waals surface area contributed by atoms with E-state index < -0.39 is 0 Å². The molecule has 1 atom stereocenters. The van der Waals surface area contributed by atoms with Gasteiger partial charge >= 0.3 is 0 Å². The number of likely N-dealkylation sites (tertiary alicyclic amines) is 1. The summed E-state index contributed by atoms with van der Waals surface area (Å²) in [6.45, 7) is 3.04. The van der Waals surface area contributed by atoms with E-state index in [0.29, 0.717) is 11.6 Å². The van der Waals surface area contributed by atoms with Gasteiger partial charge in [-0.1, -0.05) is 19.8 Å². The molecule has 2 heterocycles. The Kier molecular flexibility index (Phi) is 4.77. The molecular weight excluding hydrogens is 238 g/mol. The van der Waals surface area contributed by atoms with Crippen LogP contribution in [0.3, 0.4) is 0 Å². The Labute approximate surface area is 115 Å². The average Bonchev–Trinajstić information content (AvgIpc) is 2.71. The third-order valence-corrected chi connectivity index (χ3v) is 3.93. The van der Waals surface area contributed by atoms with E-state index in [2.05, 4.69) is 17.2 Å². The summed E-state index contributed by atoms with van der Waals surface area (Å²) >= 11 is 0. The van der Waals surface area contributed by atoms with Crippen LogP contribution in [-0.4, -0.2) is 35.4 Å². The van der Waals surface area contributed by atoms with Gasteiger partial charge in [-0.25, -0.2) is 0 Å².